The van der Waals surface area contributed by atoms with Crippen LogP contribution < -0.4 is 58.5 Å². The van der Waals surface area contributed by atoms with E-state index in [-0.39, 0.29) is 201 Å². The third kappa shape index (κ3) is 58.2. The van der Waals surface area contributed by atoms with E-state index in [2.05, 4.69) is 65.1 Å². The van der Waals surface area contributed by atoms with Crippen molar-refractivity contribution in [1.29, 1.82) is 0 Å². The van der Waals surface area contributed by atoms with Gasteiger partial charge >= 0.3 is 7.60 Å². The van der Waals surface area contributed by atoms with Crippen LogP contribution in [0.2, 0.25) is 0 Å². The number of nitrogens with zero attached hydrogens (tertiary/aromatic N) is 1. The van der Waals surface area contributed by atoms with E-state index in [1.165, 1.54) is 46.7 Å². The lowest BCUT2D eigenvalue weighted by atomic mass is 9.97. The van der Waals surface area contributed by atoms with Crippen LogP contribution >= 0.6 is 7.60 Å². The fourth-order valence-electron chi connectivity index (χ4n) is 16.9. The average Bonchev–Trinajstić information content (AvgIpc) is 0.824. The molecule has 4 aliphatic heterocycles. The summed E-state index contributed by atoms with van der Waals surface area (Å²) in [4.78, 5) is 155. The first-order valence-corrected chi connectivity index (χ1v) is 55.1. The standard InChI is InChI=1S/C101H179N12O35P.H2O/c1-69(65-136-7)78(148-149(9,135)137-8)60-70(2)113-61-75(97(134)108-71(113)3)40-41-83(123)103-47-27-18-14-16-21-35-76(120)34-20-15-12-10-11-13-17-22-39-87(127)112-101(67-140-56-43-85(125)106-49-32-46-102-45-26-19-29-53-142-98-88(109-72(4)117)94(131)91(128)79(62-114)145-98,66-139-55-42-84(124)104-48-28-23-36-77(121)37-24-31-54-143-99-89(110-73(5)118)95(132)92(129)80(63-115)146-99)68-141-57-44-86(126)107-51-33-50-105-82(122)38-25-30-52-138-58-59-144-100-90(111-74(6)119)96(133)93(130)81(64-116)147-100;/h40-41,61,69-70,78-81,88-96,98-100,102,114-116,128-133H,3,10-39,42-60,62-68H2,1-2,4-9H3,(H,103,123)(H,104,124)(H,105,122)(H,106,125)(H,107,126)(H,108,134)(H,109,117)(H,110,118)(H,111,119)(H,112,127);1H2/b41-40+;/t69-,70-,78-,79?,80?,81?,88?,89?,90?,91+,92+,93+,94-,95-,96-,98-,99-,100-,101?,149?;/m1./s1. The van der Waals surface area contributed by atoms with Crippen molar-refractivity contribution in [2.24, 2.45) is 5.92 Å². The fourth-order valence-corrected chi connectivity index (χ4v) is 17.8. The van der Waals surface area contributed by atoms with Crippen molar-refractivity contribution in [2.45, 2.75) is 363 Å². The number of amides is 10. The van der Waals surface area contributed by atoms with Crippen LogP contribution in [0.3, 0.4) is 0 Å². The lowest BCUT2D eigenvalue weighted by Gasteiger charge is -2.42. The summed E-state index contributed by atoms with van der Waals surface area (Å²) in [6, 6.07) is -3.48. The van der Waals surface area contributed by atoms with Gasteiger partial charge in [0.05, 0.1) is 91.0 Å². The number of carbonyl (C=O) groups is 12. The Kier molecular flexibility index (Phi) is 72.9. The molecule has 0 aromatic rings. The highest BCUT2D eigenvalue weighted by molar-refractivity contribution is 7.52. The molecule has 0 radical (unpaired) electrons. The van der Waals surface area contributed by atoms with Crippen molar-refractivity contribution < 1.29 is 175 Å². The molecular weight excluding hydrogens is 1990 g/mol. The van der Waals surface area contributed by atoms with E-state index in [9.17, 15) is 108 Å². The van der Waals surface area contributed by atoms with Gasteiger partial charge in [-0.1, -0.05) is 71.3 Å². The third-order valence-electron chi connectivity index (χ3n) is 25.5. The number of methoxy groups -OCH3 is 1. The smallest absolute Gasteiger partial charge is 0.327 e. The summed E-state index contributed by atoms with van der Waals surface area (Å²) in [7, 11) is -0.436. The van der Waals surface area contributed by atoms with Crippen LogP contribution in [-0.2, 0) is 123 Å². The van der Waals surface area contributed by atoms with Gasteiger partial charge in [-0.05, 0) is 129 Å². The first kappa shape index (κ1) is 136. The highest BCUT2D eigenvalue weighted by Crippen LogP contribution is 2.46. The molecule has 8 unspecified atom stereocenters. The minimum Gasteiger partial charge on any atom is -0.412 e. The van der Waals surface area contributed by atoms with Gasteiger partial charge in [-0.3, -0.25) is 62.1 Å². The summed E-state index contributed by atoms with van der Waals surface area (Å²) in [5.74, 6) is -3.26. The Labute approximate surface area is 882 Å². The Bertz CT molecular complexity index is 3980. The summed E-state index contributed by atoms with van der Waals surface area (Å²) < 4.78 is 87.4. The summed E-state index contributed by atoms with van der Waals surface area (Å²) >= 11 is 0. The molecule has 0 aromatic heterocycles. The molecule has 22 N–H and O–H groups in total. The molecule has 150 heavy (non-hydrogen) atoms. The van der Waals surface area contributed by atoms with Gasteiger partial charge < -0.3 is 176 Å². The van der Waals surface area contributed by atoms with Crippen LogP contribution in [0, 0.1) is 5.92 Å². The van der Waals surface area contributed by atoms with Gasteiger partial charge in [0.1, 0.15) is 96.0 Å². The summed E-state index contributed by atoms with van der Waals surface area (Å²) in [5, 5.41) is 122. The minimum atomic E-state index is -3.34. The lowest BCUT2D eigenvalue weighted by molar-refractivity contribution is -0.272. The van der Waals surface area contributed by atoms with E-state index in [0.717, 1.165) is 89.9 Å². The third-order valence-corrected chi connectivity index (χ3v) is 26.8. The summed E-state index contributed by atoms with van der Waals surface area (Å²) in [6.45, 7) is 14.2. The number of carbonyl (C=O) groups excluding carboxylic acids is 12. The van der Waals surface area contributed by atoms with Crippen LogP contribution in [0.15, 0.2) is 36.3 Å². The lowest BCUT2D eigenvalue weighted by Crippen LogP contribution is -2.64. The molecule has 0 spiro atoms. The topological polar surface area (TPSA) is 691 Å². The van der Waals surface area contributed by atoms with Gasteiger partial charge in [0, 0.05) is 176 Å². The molecule has 866 valence electrons. The number of Topliss-reactive ketones (excluding diaryl/α,β-unsaturated/α-hetero) is 2. The number of ketones is 2. The van der Waals surface area contributed by atoms with E-state index in [1.807, 2.05) is 13.8 Å². The molecule has 3 fully saturated rings. The second-order valence-corrected chi connectivity index (χ2v) is 40.7. The normalized spacial score (nSPS) is 22.7. The number of hydrogen-bond acceptors (Lipinski definition) is 37. The van der Waals surface area contributed by atoms with E-state index in [1.54, 1.807) is 18.2 Å². The maximum absolute atomic E-state index is 14.2. The number of unbranched alkanes of at least 4 members (excludes halogenated alkanes) is 16. The van der Waals surface area contributed by atoms with Crippen molar-refractivity contribution in [2.75, 3.05) is 166 Å². The number of aliphatic hydroxyl groups excluding tert-OH is 9. The highest BCUT2D eigenvalue weighted by Gasteiger charge is 2.49. The van der Waals surface area contributed by atoms with Gasteiger partial charge in [0.25, 0.3) is 5.91 Å². The predicted molar refractivity (Wildman–Crippen MR) is 549 cm³/mol. The molecule has 49 heteroatoms. The van der Waals surface area contributed by atoms with Gasteiger partial charge in [-0.15, -0.1) is 0 Å². The Balaban J connectivity index is 0.0000578. The van der Waals surface area contributed by atoms with Crippen molar-refractivity contribution >= 4 is 78.2 Å². The maximum atomic E-state index is 14.2. The monoisotopic (exact) mass is 2170 g/mol. The second-order valence-electron chi connectivity index (χ2n) is 38.6. The zero-order valence-corrected chi connectivity index (χ0v) is 90.4. The molecule has 3 saturated heterocycles. The second kappa shape index (κ2) is 80.2. The summed E-state index contributed by atoms with van der Waals surface area (Å²) in [5.41, 5.74) is -1.15. The highest BCUT2D eigenvalue weighted by atomic mass is 31.2. The molecule has 10 amide bonds. The van der Waals surface area contributed by atoms with Crippen LogP contribution in [-0.4, -0.2) is 402 Å². The zero-order valence-electron chi connectivity index (χ0n) is 89.5. The van der Waals surface area contributed by atoms with E-state index in [0.29, 0.717) is 129 Å². The Morgan fingerprint density at radius 1 is 0.453 bits per heavy atom. The number of rotatable bonds is 87. The maximum Gasteiger partial charge on any atom is 0.327 e. The molecule has 0 aliphatic carbocycles. The molecule has 4 heterocycles. The van der Waals surface area contributed by atoms with Crippen LogP contribution in [0.4, 0.5) is 0 Å². The quantitative estimate of drug-likeness (QED) is 0.0223. The van der Waals surface area contributed by atoms with E-state index in [4.69, 9.17) is 61.2 Å². The predicted octanol–water partition coefficient (Wildman–Crippen LogP) is 0.405. The molecule has 4 rings (SSSR count). The molecule has 4 aliphatic rings. The van der Waals surface area contributed by atoms with Gasteiger partial charge in [0.2, 0.25) is 53.2 Å². The van der Waals surface area contributed by atoms with Crippen LogP contribution in [0.1, 0.15) is 253 Å². The summed E-state index contributed by atoms with van der Waals surface area (Å²) in [6.07, 6.45) is 7.49. The first-order chi connectivity index (χ1) is 71.4. The Morgan fingerprint density at radius 2 is 0.813 bits per heavy atom. The fraction of sp³-hybridized carbons (Fsp3) is 0.822. The molecular formula is C101H181N12O36P. The first-order valence-electron chi connectivity index (χ1n) is 53.1. The van der Waals surface area contributed by atoms with E-state index < -0.39 is 155 Å². The van der Waals surface area contributed by atoms with Gasteiger partial charge in [-0.2, -0.15) is 0 Å². The molecule has 48 nitrogen and oxygen atoms in total. The Morgan fingerprint density at radius 3 is 1.27 bits per heavy atom. The van der Waals surface area contributed by atoms with Crippen LogP contribution in [0.5, 0.6) is 0 Å². The zero-order chi connectivity index (χ0) is 110. The molecule has 0 aromatic carbocycles. The van der Waals surface area contributed by atoms with E-state index >= 15 is 0 Å². The van der Waals surface area contributed by atoms with Crippen molar-refractivity contribution in [3.8, 4) is 0 Å². The number of nitrogens with one attached hydrogen (secondary N) is 11. The average molecular weight is 2170 g/mol. The number of aliphatic hydroxyl groups is 9. The molecule has 20 atom stereocenters. The molecule has 0 saturated carbocycles. The Hall–Kier alpha value is -7.67. The minimum absolute atomic E-state index is 0. The van der Waals surface area contributed by atoms with Crippen molar-refractivity contribution in [1.82, 2.24) is 63.4 Å². The van der Waals surface area contributed by atoms with Gasteiger partial charge in [-0.25, -0.2) is 0 Å². The molecule has 0 bridgehead atoms. The van der Waals surface area contributed by atoms with Crippen molar-refractivity contribution in [3.05, 3.63) is 36.3 Å². The van der Waals surface area contributed by atoms with Gasteiger partial charge in [0.15, 0.2) is 18.9 Å². The SMILES string of the molecule is C=C1NC(=O)C(/C=C/C(=O)NCCCCCCCC(=O)CCCCCCCCCCC(=O)NC(COCCC(=O)NCCCCC(=O)CCCCO[C@@H]2OC(CO)[C@H](O)[C@H](O)C2NC(C)=O)(COCCC(=O)NCCCNCCCCCO[C@@H]2OC(CO)[C@H](O)[C@H](O)C2NC(C)=O)COCCC(=O)NCCCNC(=O)CCCCOCCO[C@@H]2OC(CO)[C@H](O)[C@H](O)C2NC(C)=O)=CN1[C@H](C)C[C@@H](OP(C)(=O)OC)[C@H](C)COC.O. The largest absolute Gasteiger partial charge is 0.412 e. The number of hydrogen-bond donors (Lipinski definition) is 20. The van der Waals surface area contributed by atoms with Crippen molar-refractivity contribution in [3.63, 3.8) is 0 Å². The van der Waals surface area contributed by atoms with Crippen LogP contribution in [0.25, 0.3) is 0 Å². The number of ether oxygens (including phenoxy) is 11.